The van der Waals surface area contributed by atoms with Crippen molar-refractivity contribution in [1.29, 1.82) is 0 Å². The number of hydrogen-bond acceptors (Lipinski definition) is 6. The summed E-state index contributed by atoms with van der Waals surface area (Å²) in [7, 11) is 0. The average Bonchev–Trinajstić information content (AvgIpc) is 3.13. The van der Waals surface area contributed by atoms with Crippen LogP contribution in [-0.2, 0) is 0 Å². The van der Waals surface area contributed by atoms with Crippen LogP contribution in [0.3, 0.4) is 0 Å². The molecule has 7 rings (SSSR count). The molecule has 2 saturated heterocycles. The molecule has 2 aromatic heterocycles. The maximum absolute atomic E-state index is 13.9. The molecule has 0 radical (unpaired) electrons. The highest BCUT2D eigenvalue weighted by molar-refractivity contribution is 5.75. The Morgan fingerprint density at radius 1 is 0.806 bits per heavy atom. The first-order valence-electron chi connectivity index (χ1n) is 13.5. The highest BCUT2D eigenvalue weighted by Crippen LogP contribution is 2.48. The van der Waals surface area contributed by atoms with Gasteiger partial charge in [0.25, 0.3) is 11.1 Å². The van der Waals surface area contributed by atoms with Crippen LogP contribution in [0.4, 0.5) is 0 Å². The predicted molar refractivity (Wildman–Crippen MR) is 135 cm³/mol. The monoisotopic (exact) mass is 488 g/mol. The van der Waals surface area contributed by atoms with Gasteiger partial charge in [0, 0.05) is 24.2 Å². The Balaban J connectivity index is 1.27. The molecule has 2 aliphatic heterocycles. The van der Waals surface area contributed by atoms with Crippen LogP contribution < -0.4 is 16.8 Å². The molecular formula is C27H32N6O3. The highest BCUT2D eigenvalue weighted by atomic mass is 16.2. The fourth-order valence-corrected chi connectivity index (χ4v) is 8.08. The second kappa shape index (κ2) is 8.50. The summed E-state index contributed by atoms with van der Waals surface area (Å²) < 4.78 is 2.77. The van der Waals surface area contributed by atoms with Gasteiger partial charge in [-0.2, -0.15) is 9.78 Å². The van der Waals surface area contributed by atoms with Gasteiger partial charge < -0.3 is 4.57 Å². The fraction of sp³-hybridized carbons (Fsp3) is 0.593. The molecule has 1 unspecified atom stereocenters. The van der Waals surface area contributed by atoms with E-state index in [1.54, 1.807) is 0 Å². The van der Waals surface area contributed by atoms with E-state index in [1.807, 2.05) is 28.8 Å². The van der Waals surface area contributed by atoms with Crippen LogP contribution in [0.25, 0.3) is 16.9 Å². The number of rotatable bonds is 3. The van der Waals surface area contributed by atoms with E-state index in [4.69, 9.17) is 0 Å². The second-order valence-corrected chi connectivity index (χ2v) is 11.4. The van der Waals surface area contributed by atoms with Gasteiger partial charge in [0.05, 0.1) is 11.0 Å². The first kappa shape index (κ1) is 22.2. The Bertz CT molecular complexity index is 1470. The predicted octanol–water partition coefficient (Wildman–Crippen LogP) is 2.77. The van der Waals surface area contributed by atoms with Crippen molar-refractivity contribution >= 4 is 11.0 Å². The molecule has 4 aliphatic rings. The van der Waals surface area contributed by atoms with Gasteiger partial charge >= 0.3 is 5.69 Å². The van der Waals surface area contributed by atoms with Crippen molar-refractivity contribution < 1.29 is 0 Å². The van der Waals surface area contributed by atoms with E-state index in [1.165, 1.54) is 51.4 Å². The van der Waals surface area contributed by atoms with Crippen LogP contribution in [-0.4, -0.2) is 47.3 Å². The Morgan fingerprint density at radius 2 is 1.53 bits per heavy atom. The third-order valence-electron chi connectivity index (χ3n) is 9.35. The van der Waals surface area contributed by atoms with Gasteiger partial charge in [-0.3, -0.25) is 19.5 Å². The number of aromatic nitrogens is 5. The minimum atomic E-state index is -0.758. The maximum atomic E-state index is 13.9. The normalized spacial score (nSPS) is 32.1. The average molecular weight is 489 g/mol. The molecule has 36 heavy (non-hydrogen) atoms. The summed E-state index contributed by atoms with van der Waals surface area (Å²) in [5, 5.41) is 3.92. The summed E-state index contributed by atoms with van der Waals surface area (Å²) in [6.45, 7) is 0. The van der Waals surface area contributed by atoms with Crippen molar-refractivity contribution in [2.75, 3.05) is 0 Å². The number of benzene rings is 1. The molecule has 4 fully saturated rings. The molecule has 3 aromatic rings. The third kappa shape index (κ3) is 3.58. The van der Waals surface area contributed by atoms with Gasteiger partial charge in [0.2, 0.25) is 5.82 Å². The van der Waals surface area contributed by atoms with Crippen molar-refractivity contribution in [2.45, 2.75) is 88.4 Å². The largest absolute Gasteiger partial charge is 0.351 e. The number of aromatic amines is 1. The molecular weight excluding hydrogens is 456 g/mol. The van der Waals surface area contributed by atoms with Crippen LogP contribution in [0.2, 0.25) is 0 Å². The number of para-hydroxylation sites is 2. The first-order chi connectivity index (χ1) is 17.5. The molecule has 9 nitrogen and oxygen atoms in total. The molecule has 4 heterocycles. The van der Waals surface area contributed by atoms with Gasteiger partial charge in [-0.15, -0.1) is 0 Å². The molecule has 1 N–H and O–H groups in total. The first-order valence-corrected chi connectivity index (χ1v) is 13.5. The molecule has 0 amide bonds. The van der Waals surface area contributed by atoms with E-state index >= 15 is 0 Å². The fourth-order valence-electron chi connectivity index (χ4n) is 8.08. The van der Waals surface area contributed by atoms with Crippen LogP contribution in [0.5, 0.6) is 0 Å². The van der Waals surface area contributed by atoms with Gasteiger partial charge in [0.15, 0.2) is 0 Å². The van der Waals surface area contributed by atoms with Crippen molar-refractivity contribution in [3.63, 3.8) is 0 Å². The molecule has 0 spiro atoms. The minimum Gasteiger partial charge on any atom is -0.300 e. The maximum Gasteiger partial charge on any atom is 0.351 e. The standard InChI is InChI=1S/C27H32N6O3/c34-24-15-28-33(27(36)30-24)25-26(35)32(23-7-2-1-6-22(23)29-25)21-13-18-8-9-19(14-21)31(18)20-11-16-4-3-5-17(10-16)12-20/h1-2,6-7,15-21H,3-5,8-14H2,(H,30,34,36)/t16-,17+,18-,19+,20?,21-. The number of H-pyrrole nitrogens is 1. The van der Waals surface area contributed by atoms with Crippen molar-refractivity contribution in [2.24, 2.45) is 11.8 Å². The lowest BCUT2D eigenvalue weighted by Crippen LogP contribution is -2.52. The van der Waals surface area contributed by atoms with Gasteiger partial charge in [-0.05, 0) is 68.9 Å². The number of piperidine rings is 1. The zero-order chi connectivity index (χ0) is 24.4. The van der Waals surface area contributed by atoms with Gasteiger partial charge in [0.1, 0.15) is 6.20 Å². The van der Waals surface area contributed by atoms with Crippen LogP contribution in [0, 0.1) is 11.8 Å². The Kier molecular flexibility index (Phi) is 5.23. The smallest absolute Gasteiger partial charge is 0.300 e. The Morgan fingerprint density at radius 3 is 2.25 bits per heavy atom. The Hall–Kier alpha value is -3.07. The van der Waals surface area contributed by atoms with E-state index in [2.05, 4.69) is 20.0 Å². The lowest BCUT2D eigenvalue weighted by atomic mass is 9.69. The third-order valence-corrected chi connectivity index (χ3v) is 9.35. The number of nitrogens with one attached hydrogen (secondary N) is 1. The van der Waals surface area contributed by atoms with E-state index < -0.39 is 11.2 Å². The second-order valence-electron chi connectivity index (χ2n) is 11.4. The molecule has 1 aromatic carbocycles. The quantitative estimate of drug-likeness (QED) is 0.608. The summed E-state index contributed by atoms with van der Waals surface area (Å²) >= 11 is 0. The molecule has 2 aliphatic carbocycles. The van der Waals surface area contributed by atoms with Gasteiger partial charge in [-0.25, -0.2) is 9.78 Å². The van der Waals surface area contributed by atoms with E-state index in [-0.39, 0.29) is 17.4 Å². The lowest BCUT2D eigenvalue weighted by Gasteiger charge is -2.49. The van der Waals surface area contributed by atoms with Crippen molar-refractivity contribution in [3.05, 3.63) is 61.7 Å². The molecule has 2 saturated carbocycles. The summed E-state index contributed by atoms with van der Waals surface area (Å²) in [6.07, 6.45) is 13.6. The summed E-state index contributed by atoms with van der Waals surface area (Å²) in [5.74, 6) is 1.74. The molecule has 9 heteroatoms. The van der Waals surface area contributed by atoms with Crippen molar-refractivity contribution in [3.8, 4) is 5.82 Å². The molecule has 4 bridgehead atoms. The topological polar surface area (TPSA) is 106 Å². The van der Waals surface area contributed by atoms with Crippen LogP contribution in [0.1, 0.15) is 70.3 Å². The zero-order valence-corrected chi connectivity index (χ0v) is 20.4. The highest BCUT2D eigenvalue weighted by Gasteiger charge is 2.47. The van der Waals surface area contributed by atoms with E-state index in [0.717, 1.165) is 41.1 Å². The number of fused-ring (bicyclic) bond motifs is 5. The van der Waals surface area contributed by atoms with Crippen LogP contribution >= 0.6 is 0 Å². The van der Waals surface area contributed by atoms with Crippen molar-refractivity contribution in [1.82, 2.24) is 29.2 Å². The lowest BCUT2D eigenvalue weighted by molar-refractivity contribution is 0.00789. The van der Waals surface area contributed by atoms with E-state index in [9.17, 15) is 14.4 Å². The summed E-state index contributed by atoms with van der Waals surface area (Å²) in [4.78, 5) is 47.4. The summed E-state index contributed by atoms with van der Waals surface area (Å²) in [6, 6.07) is 9.32. The van der Waals surface area contributed by atoms with E-state index in [0.29, 0.717) is 23.6 Å². The molecule has 188 valence electrons. The molecule has 6 atom stereocenters. The van der Waals surface area contributed by atoms with Gasteiger partial charge in [-0.1, -0.05) is 31.4 Å². The SMILES string of the molecule is O=c1cnn(-c2nc3ccccc3n([C@@H]3C[C@H]4CC[C@@H](C3)N4C3C[C@H]4CCC[C@@H](C3)C4)c2=O)c(=O)[nH]1. The van der Waals surface area contributed by atoms with Crippen LogP contribution in [0.15, 0.2) is 44.8 Å². The number of hydrogen-bond donors (Lipinski definition) is 1. The summed E-state index contributed by atoms with van der Waals surface area (Å²) in [5.41, 5.74) is -0.268. The zero-order valence-electron chi connectivity index (χ0n) is 20.4. The Labute approximate surface area is 208 Å². The number of nitrogens with zero attached hydrogens (tertiary/aromatic N) is 5. The minimum absolute atomic E-state index is 0.0412.